The number of allylic oxidation sites excluding steroid dienone is 1. The summed E-state index contributed by atoms with van der Waals surface area (Å²) in [6.45, 7) is 1.80. The Morgan fingerprint density at radius 1 is 0.949 bits per heavy atom. The first-order valence-electron chi connectivity index (χ1n) is 12.2. The van der Waals surface area contributed by atoms with Crippen molar-refractivity contribution < 1.29 is 19.0 Å². The lowest BCUT2D eigenvalue weighted by atomic mass is 9.95. The molecule has 0 fully saturated rings. The van der Waals surface area contributed by atoms with Gasteiger partial charge in [0.15, 0.2) is 16.3 Å². The largest absolute Gasteiger partial charge is 0.493 e. The SMILES string of the molecule is COc1cc(/C=c2\sc3n(c2=O)[C@@H](c2ccccc2)C(C(=O)Nc2ccccc2)=C(C)N=3)cc(OC)c1OC. The van der Waals surface area contributed by atoms with Crippen LogP contribution in [-0.2, 0) is 4.79 Å². The quantitative estimate of drug-likeness (QED) is 0.383. The molecule has 1 aromatic heterocycles. The summed E-state index contributed by atoms with van der Waals surface area (Å²) in [7, 11) is 4.62. The number of benzene rings is 3. The molecule has 5 rings (SSSR count). The summed E-state index contributed by atoms with van der Waals surface area (Å²) in [5.74, 6) is 1.12. The van der Waals surface area contributed by atoms with E-state index in [-0.39, 0.29) is 11.5 Å². The second kappa shape index (κ2) is 11.0. The monoisotopic (exact) mass is 541 g/mol. The molecule has 1 amide bonds. The van der Waals surface area contributed by atoms with E-state index in [9.17, 15) is 9.59 Å². The maximum atomic E-state index is 13.9. The van der Waals surface area contributed by atoms with Crippen LogP contribution in [0.5, 0.6) is 17.2 Å². The Morgan fingerprint density at radius 3 is 2.15 bits per heavy atom. The van der Waals surface area contributed by atoms with E-state index in [1.807, 2.05) is 60.7 Å². The number of carbonyl (C=O) groups is 1. The normalized spacial score (nSPS) is 14.9. The van der Waals surface area contributed by atoms with E-state index >= 15 is 0 Å². The van der Waals surface area contributed by atoms with Crippen LogP contribution in [0, 0.1) is 0 Å². The Balaban J connectivity index is 1.67. The fraction of sp³-hybridized carbons (Fsp3) is 0.167. The Kier molecular flexibility index (Phi) is 7.33. The van der Waals surface area contributed by atoms with Crippen LogP contribution in [0.2, 0.25) is 0 Å². The number of hydrogen-bond acceptors (Lipinski definition) is 7. The molecule has 0 saturated heterocycles. The van der Waals surface area contributed by atoms with Gasteiger partial charge in [-0.1, -0.05) is 59.9 Å². The van der Waals surface area contributed by atoms with Gasteiger partial charge in [-0.3, -0.25) is 14.2 Å². The first-order chi connectivity index (χ1) is 18.9. The average molecular weight is 542 g/mol. The van der Waals surface area contributed by atoms with Crippen LogP contribution in [0.25, 0.3) is 6.08 Å². The number of hydrogen-bond donors (Lipinski definition) is 1. The highest BCUT2D eigenvalue weighted by Gasteiger charge is 2.32. The fourth-order valence-electron chi connectivity index (χ4n) is 4.62. The maximum absolute atomic E-state index is 13.9. The third kappa shape index (κ3) is 4.96. The Morgan fingerprint density at radius 2 is 1.56 bits per heavy atom. The van der Waals surface area contributed by atoms with E-state index < -0.39 is 6.04 Å². The van der Waals surface area contributed by atoms with Gasteiger partial charge >= 0.3 is 0 Å². The van der Waals surface area contributed by atoms with Crippen molar-refractivity contribution >= 4 is 29.0 Å². The van der Waals surface area contributed by atoms with Gasteiger partial charge in [0.2, 0.25) is 5.75 Å². The van der Waals surface area contributed by atoms with Crippen LogP contribution in [0.1, 0.15) is 24.1 Å². The van der Waals surface area contributed by atoms with Crippen LogP contribution < -0.4 is 34.4 Å². The first kappa shape index (κ1) is 26.0. The van der Waals surface area contributed by atoms with E-state index in [1.165, 1.54) is 18.4 Å². The number of nitrogens with one attached hydrogen (secondary N) is 1. The molecule has 1 N–H and O–H groups in total. The van der Waals surface area contributed by atoms with Gasteiger partial charge in [-0.2, -0.15) is 0 Å². The Labute approximate surface area is 229 Å². The van der Waals surface area contributed by atoms with Crippen molar-refractivity contribution in [2.45, 2.75) is 13.0 Å². The summed E-state index contributed by atoms with van der Waals surface area (Å²) in [5.41, 5.74) is 2.89. The van der Waals surface area contributed by atoms with Gasteiger partial charge in [-0.25, -0.2) is 4.99 Å². The number of nitrogens with zero attached hydrogens (tertiary/aromatic N) is 2. The number of methoxy groups -OCH3 is 3. The lowest BCUT2D eigenvalue weighted by Crippen LogP contribution is -2.40. The van der Waals surface area contributed by atoms with Gasteiger partial charge < -0.3 is 19.5 Å². The molecule has 0 radical (unpaired) electrons. The molecule has 0 saturated carbocycles. The average Bonchev–Trinajstić information content (AvgIpc) is 3.26. The summed E-state index contributed by atoms with van der Waals surface area (Å²) >= 11 is 1.26. The highest BCUT2D eigenvalue weighted by molar-refractivity contribution is 7.07. The topological polar surface area (TPSA) is 91.2 Å². The number of aromatic nitrogens is 1. The van der Waals surface area contributed by atoms with E-state index in [4.69, 9.17) is 19.2 Å². The van der Waals surface area contributed by atoms with Crippen LogP contribution in [0.15, 0.2) is 93.9 Å². The van der Waals surface area contributed by atoms with Crippen LogP contribution in [0.4, 0.5) is 5.69 Å². The standard InChI is InChI=1S/C30H27N3O5S/c1-18-25(28(34)32-21-13-9-6-10-14-21)26(20-11-7-5-8-12-20)33-29(35)24(39-30(33)31-18)17-19-15-22(36-2)27(38-4)23(16-19)37-3/h5-17,26H,1-4H3,(H,32,34)/b24-17-/t26-/m0/s1. The number of fused-ring (bicyclic) bond motifs is 1. The number of anilines is 1. The highest BCUT2D eigenvalue weighted by Crippen LogP contribution is 2.38. The summed E-state index contributed by atoms with van der Waals surface area (Å²) < 4.78 is 18.4. The number of amides is 1. The number of rotatable bonds is 7. The minimum Gasteiger partial charge on any atom is -0.493 e. The van der Waals surface area contributed by atoms with Gasteiger partial charge in [0.25, 0.3) is 11.5 Å². The van der Waals surface area contributed by atoms with E-state index in [0.717, 1.165) is 5.56 Å². The van der Waals surface area contributed by atoms with Crippen molar-refractivity contribution in [2.24, 2.45) is 4.99 Å². The van der Waals surface area contributed by atoms with E-state index in [2.05, 4.69) is 5.32 Å². The summed E-state index contributed by atoms with van der Waals surface area (Å²) in [6.07, 6.45) is 1.76. The number of carbonyl (C=O) groups excluding carboxylic acids is 1. The molecule has 0 unspecified atom stereocenters. The lowest BCUT2D eigenvalue weighted by molar-refractivity contribution is -0.113. The number of ether oxygens (including phenoxy) is 3. The van der Waals surface area contributed by atoms with Gasteiger partial charge in [0.1, 0.15) is 0 Å². The fourth-order valence-corrected chi connectivity index (χ4v) is 5.67. The smallest absolute Gasteiger partial charge is 0.271 e. The third-order valence-corrected chi connectivity index (χ3v) is 7.38. The molecule has 9 heteroatoms. The zero-order valence-corrected chi connectivity index (χ0v) is 22.7. The van der Waals surface area contributed by atoms with Crippen molar-refractivity contribution in [2.75, 3.05) is 26.6 Å². The number of para-hydroxylation sites is 1. The van der Waals surface area contributed by atoms with Gasteiger partial charge in [0.05, 0.1) is 43.2 Å². The molecule has 3 aromatic carbocycles. The molecule has 1 aliphatic heterocycles. The molecule has 39 heavy (non-hydrogen) atoms. The van der Waals surface area contributed by atoms with Crippen molar-refractivity contribution in [3.05, 3.63) is 115 Å². The first-order valence-corrected chi connectivity index (χ1v) is 13.0. The van der Waals surface area contributed by atoms with E-state index in [0.29, 0.717) is 49.1 Å². The van der Waals surface area contributed by atoms with Gasteiger partial charge in [-0.15, -0.1) is 0 Å². The van der Waals surface area contributed by atoms with Crippen LogP contribution >= 0.6 is 11.3 Å². The van der Waals surface area contributed by atoms with Crippen molar-refractivity contribution in [3.8, 4) is 17.2 Å². The molecular formula is C30H27N3O5S. The predicted molar refractivity (Wildman–Crippen MR) is 151 cm³/mol. The van der Waals surface area contributed by atoms with Crippen molar-refractivity contribution in [1.82, 2.24) is 4.57 Å². The summed E-state index contributed by atoms with van der Waals surface area (Å²) in [6, 6.07) is 21.6. The van der Waals surface area contributed by atoms with Gasteiger partial charge in [0, 0.05) is 5.69 Å². The number of thiazole rings is 1. The van der Waals surface area contributed by atoms with Crippen LogP contribution in [-0.4, -0.2) is 31.8 Å². The van der Waals surface area contributed by atoms with E-state index in [1.54, 1.807) is 43.9 Å². The van der Waals surface area contributed by atoms with Gasteiger partial charge in [-0.05, 0) is 48.4 Å². The Bertz CT molecular complexity index is 1720. The second-order valence-corrected chi connectivity index (χ2v) is 9.78. The third-order valence-electron chi connectivity index (χ3n) is 6.40. The summed E-state index contributed by atoms with van der Waals surface area (Å²) in [5, 5.41) is 2.96. The lowest BCUT2D eigenvalue weighted by Gasteiger charge is -2.25. The minimum atomic E-state index is -0.645. The molecule has 0 aliphatic carbocycles. The maximum Gasteiger partial charge on any atom is 0.271 e. The molecule has 1 aliphatic rings. The molecule has 2 heterocycles. The van der Waals surface area contributed by atoms with Crippen LogP contribution in [0.3, 0.4) is 0 Å². The molecular weight excluding hydrogens is 514 g/mol. The molecule has 0 bridgehead atoms. The summed E-state index contributed by atoms with van der Waals surface area (Å²) in [4.78, 5) is 32.7. The zero-order chi connectivity index (χ0) is 27.5. The predicted octanol–water partition coefficient (Wildman–Crippen LogP) is 3.90. The molecule has 0 spiro atoms. The highest BCUT2D eigenvalue weighted by atomic mass is 32.1. The molecule has 1 atom stereocenters. The van der Waals surface area contributed by atoms with Crippen molar-refractivity contribution in [3.63, 3.8) is 0 Å². The Hall–Kier alpha value is -4.63. The molecule has 198 valence electrons. The molecule has 8 nitrogen and oxygen atoms in total. The minimum absolute atomic E-state index is 0.251. The second-order valence-electron chi connectivity index (χ2n) is 8.77. The zero-order valence-electron chi connectivity index (χ0n) is 21.9. The molecule has 4 aromatic rings. The van der Waals surface area contributed by atoms with Crippen molar-refractivity contribution in [1.29, 1.82) is 0 Å².